The fourth-order valence-corrected chi connectivity index (χ4v) is 1.62. The van der Waals surface area contributed by atoms with Crippen molar-refractivity contribution in [3.63, 3.8) is 0 Å². The normalized spacial score (nSPS) is 10.3. The SMILES string of the molecule is NCc1ccc(OCCOc2cc(F)ccc2F)cc1. The molecule has 0 aliphatic carbocycles. The predicted molar refractivity (Wildman–Crippen MR) is 71.7 cm³/mol. The van der Waals surface area contributed by atoms with Crippen molar-refractivity contribution in [2.24, 2.45) is 5.73 Å². The summed E-state index contributed by atoms with van der Waals surface area (Å²) in [7, 11) is 0. The lowest BCUT2D eigenvalue weighted by atomic mass is 10.2. The van der Waals surface area contributed by atoms with E-state index in [0.29, 0.717) is 12.3 Å². The summed E-state index contributed by atoms with van der Waals surface area (Å²) in [5.41, 5.74) is 6.50. The molecule has 0 atom stereocenters. The third-order valence-corrected chi connectivity index (χ3v) is 2.66. The quantitative estimate of drug-likeness (QED) is 0.827. The van der Waals surface area contributed by atoms with Gasteiger partial charge in [-0.1, -0.05) is 12.1 Å². The van der Waals surface area contributed by atoms with Crippen LogP contribution in [0, 0.1) is 11.6 Å². The summed E-state index contributed by atoms with van der Waals surface area (Å²) in [5, 5.41) is 0. The summed E-state index contributed by atoms with van der Waals surface area (Å²) in [6.07, 6.45) is 0. The lowest BCUT2D eigenvalue weighted by Gasteiger charge is -2.09. The maximum Gasteiger partial charge on any atom is 0.165 e. The molecule has 0 saturated carbocycles. The van der Waals surface area contributed by atoms with Crippen LogP contribution in [0.2, 0.25) is 0 Å². The van der Waals surface area contributed by atoms with Gasteiger partial charge in [0, 0.05) is 12.6 Å². The highest BCUT2D eigenvalue weighted by Crippen LogP contribution is 2.18. The Labute approximate surface area is 115 Å². The number of hydrogen-bond donors (Lipinski definition) is 1. The highest BCUT2D eigenvalue weighted by atomic mass is 19.1. The molecule has 0 aromatic heterocycles. The van der Waals surface area contributed by atoms with E-state index in [1.807, 2.05) is 12.1 Å². The van der Waals surface area contributed by atoms with Crippen LogP contribution in [0.4, 0.5) is 8.78 Å². The number of hydrogen-bond acceptors (Lipinski definition) is 3. The van der Waals surface area contributed by atoms with Crippen LogP contribution in [0.15, 0.2) is 42.5 Å². The largest absolute Gasteiger partial charge is 0.490 e. The number of benzene rings is 2. The fourth-order valence-electron chi connectivity index (χ4n) is 1.62. The molecule has 0 heterocycles. The lowest BCUT2D eigenvalue weighted by molar-refractivity contribution is 0.211. The van der Waals surface area contributed by atoms with Gasteiger partial charge < -0.3 is 15.2 Å². The molecule has 2 aromatic carbocycles. The standard InChI is InChI=1S/C15H15F2NO2/c16-12-3-6-14(17)15(9-12)20-8-7-19-13-4-1-11(10-18)2-5-13/h1-6,9H,7-8,10,18H2. The first kappa shape index (κ1) is 14.3. The Morgan fingerprint density at radius 1 is 0.900 bits per heavy atom. The Morgan fingerprint density at radius 3 is 2.30 bits per heavy atom. The van der Waals surface area contributed by atoms with E-state index in [9.17, 15) is 8.78 Å². The van der Waals surface area contributed by atoms with E-state index < -0.39 is 11.6 Å². The van der Waals surface area contributed by atoms with Crippen molar-refractivity contribution in [1.82, 2.24) is 0 Å². The molecule has 0 fully saturated rings. The number of nitrogens with two attached hydrogens (primary N) is 1. The van der Waals surface area contributed by atoms with Crippen molar-refractivity contribution in [1.29, 1.82) is 0 Å². The van der Waals surface area contributed by atoms with Gasteiger partial charge in [0.05, 0.1) is 0 Å². The maximum atomic E-state index is 13.3. The van der Waals surface area contributed by atoms with Gasteiger partial charge in [0.25, 0.3) is 0 Å². The molecule has 0 radical (unpaired) electrons. The molecule has 3 nitrogen and oxygen atoms in total. The minimum absolute atomic E-state index is 0.118. The Morgan fingerprint density at radius 2 is 1.60 bits per heavy atom. The highest BCUT2D eigenvalue weighted by molar-refractivity contribution is 5.27. The lowest BCUT2D eigenvalue weighted by Crippen LogP contribution is -2.10. The Balaban J connectivity index is 1.79. The van der Waals surface area contributed by atoms with E-state index >= 15 is 0 Å². The molecule has 0 spiro atoms. The predicted octanol–water partition coefficient (Wildman–Crippen LogP) is 2.88. The topological polar surface area (TPSA) is 44.5 Å². The van der Waals surface area contributed by atoms with Crippen molar-refractivity contribution < 1.29 is 18.3 Å². The summed E-state index contributed by atoms with van der Waals surface area (Å²) in [6.45, 7) is 0.833. The average Bonchev–Trinajstić information content (AvgIpc) is 2.47. The van der Waals surface area contributed by atoms with E-state index in [1.165, 1.54) is 0 Å². The summed E-state index contributed by atoms with van der Waals surface area (Å²) in [6, 6.07) is 10.4. The van der Waals surface area contributed by atoms with E-state index in [-0.39, 0.29) is 19.0 Å². The third-order valence-electron chi connectivity index (χ3n) is 2.66. The second-order valence-electron chi connectivity index (χ2n) is 4.12. The molecule has 5 heteroatoms. The van der Waals surface area contributed by atoms with Crippen molar-refractivity contribution >= 4 is 0 Å². The van der Waals surface area contributed by atoms with Gasteiger partial charge in [-0.3, -0.25) is 0 Å². The van der Waals surface area contributed by atoms with Gasteiger partial charge in [-0.05, 0) is 29.8 Å². The van der Waals surface area contributed by atoms with Crippen LogP contribution in [-0.2, 0) is 6.54 Å². The zero-order chi connectivity index (χ0) is 14.4. The van der Waals surface area contributed by atoms with Crippen molar-refractivity contribution in [2.75, 3.05) is 13.2 Å². The first-order valence-corrected chi connectivity index (χ1v) is 6.18. The second-order valence-corrected chi connectivity index (χ2v) is 4.12. The molecule has 0 aliphatic heterocycles. The number of rotatable bonds is 6. The van der Waals surface area contributed by atoms with Crippen LogP contribution in [0.5, 0.6) is 11.5 Å². The molecule has 0 amide bonds. The summed E-state index contributed by atoms with van der Waals surface area (Å²) in [4.78, 5) is 0. The molecular formula is C15H15F2NO2. The Kier molecular flexibility index (Phi) is 4.90. The molecule has 2 rings (SSSR count). The molecule has 2 N–H and O–H groups in total. The van der Waals surface area contributed by atoms with Crippen LogP contribution in [-0.4, -0.2) is 13.2 Å². The minimum Gasteiger partial charge on any atom is -0.490 e. The Hall–Kier alpha value is -2.14. The van der Waals surface area contributed by atoms with Crippen LogP contribution in [0.3, 0.4) is 0 Å². The van der Waals surface area contributed by atoms with Gasteiger partial charge in [-0.2, -0.15) is 0 Å². The zero-order valence-corrected chi connectivity index (χ0v) is 10.8. The molecule has 0 bridgehead atoms. The Bertz CT molecular complexity index is 558. The molecule has 2 aromatic rings. The van der Waals surface area contributed by atoms with Crippen LogP contribution < -0.4 is 15.2 Å². The molecule has 0 unspecified atom stereocenters. The monoisotopic (exact) mass is 279 g/mol. The maximum absolute atomic E-state index is 13.3. The molecular weight excluding hydrogens is 264 g/mol. The van der Waals surface area contributed by atoms with Crippen molar-refractivity contribution in [3.05, 3.63) is 59.7 Å². The first-order valence-electron chi connectivity index (χ1n) is 6.18. The highest BCUT2D eigenvalue weighted by Gasteiger charge is 2.04. The number of ether oxygens (including phenoxy) is 2. The van der Waals surface area contributed by atoms with E-state index in [4.69, 9.17) is 15.2 Å². The summed E-state index contributed by atoms with van der Waals surface area (Å²) in [5.74, 6) is -0.587. The minimum atomic E-state index is -0.598. The average molecular weight is 279 g/mol. The molecule has 0 saturated heterocycles. The van der Waals surface area contributed by atoms with Crippen LogP contribution in [0.1, 0.15) is 5.56 Å². The summed E-state index contributed by atoms with van der Waals surface area (Å²) >= 11 is 0. The first-order chi connectivity index (χ1) is 9.69. The van der Waals surface area contributed by atoms with Gasteiger partial charge in [0.2, 0.25) is 0 Å². The zero-order valence-electron chi connectivity index (χ0n) is 10.8. The fraction of sp³-hybridized carbons (Fsp3) is 0.200. The van der Waals surface area contributed by atoms with Gasteiger partial charge >= 0.3 is 0 Å². The van der Waals surface area contributed by atoms with E-state index in [1.54, 1.807) is 12.1 Å². The molecule has 106 valence electrons. The third kappa shape index (κ3) is 3.93. The summed E-state index contributed by atoms with van der Waals surface area (Å²) < 4.78 is 36.7. The van der Waals surface area contributed by atoms with Crippen LogP contribution in [0.25, 0.3) is 0 Å². The van der Waals surface area contributed by atoms with Gasteiger partial charge in [-0.15, -0.1) is 0 Å². The number of halogens is 2. The van der Waals surface area contributed by atoms with Crippen LogP contribution >= 0.6 is 0 Å². The van der Waals surface area contributed by atoms with Gasteiger partial charge in [0.1, 0.15) is 24.8 Å². The second kappa shape index (κ2) is 6.86. The van der Waals surface area contributed by atoms with Gasteiger partial charge in [0.15, 0.2) is 11.6 Å². The van der Waals surface area contributed by atoms with Crippen molar-refractivity contribution in [2.45, 2.75) is 6.54 Å². The molecule has 20 heavy (non-hydrogen) atoms. The molecule has 0 aliphatic rings. The van der Waals surface area contributed by atoms with Crippen molar-refractivity contribution in [3.8, 4) is 11.5 Å². The smallest absolute Gasteiger partial charge is 0.165 e. The van der Waals surface area contributed by atoms with E-state index in [2.05, 4.69) is 0 Å². The van der Waals surface area contributed by atoms with E-state index in [0.717, 1.165) is 23.8 Å². The van der Waals surface area contributed by atoms with Gasteiger partial charge in [-0.25, -0.2) is 8.78 Å².